The minimum Gasteiger partial charge on any atom is -0.493 e. The van der Waals surface area contributed by atoms with E-state index in [2.05, 4.69) is 23.1 Å². The lowest BCUT2D eigenvalue weighted by Crippen LogP contribution is -2.41. The first-order chi connectivity index (χ1) is 15.0. The summed E-state index contributed by atoms with van der Waals surface area (Å²) in [5.74, 6) is 0.00151. The van der Waals surface area contributed by atoms with E-state index in [0.29, 0.717) is 42.2 Å². The molecule has 0 radical (unpaired) electrons. The van der Waals surface area contributed by atoms with Crippen molar-refractivity contribution in [2.75, 3.05) is 20.3 Å². The van der Waals surface area contributed by atoms with Crippen LogP contribution in [0.25, 0.3) is 0 Å². The molecule has 0 aliphatic rings. The van der Waals surface area contributed by atoms with Crippen LogP contribution in [0.3, 0.4) is 0 Å². The second kappa shape index (κ2) is 12.9. The van der Waals surface area contributed by atoms with Gasteiger partial charge in [0.25, 0.3) is 11.8 Å². The molecule has 0 heterocycles. The van der Waals surface area contributed by atoms with Gasteiger partial charge in [-0.3, -0.25) is 25.2 Å². The Morgan fingerprint density at radius 2 is 1.65 bits per heavy atom. The minimum absolute atomic E-state index is 0.156. The summed E-state index contributed by atoms with van der Waals surface area (Å²) in [6.45, 7) is 3.00. The highest BCUT2D eigenvalue weighted by Crippen LogP contribution is 2.28. The zero-order chi connectivity index (χ0) is 22.5. The third-order valence-electron chi connectivity index (χ3n) is 4.40. The molecule has 0 aliphatic carbocycles. The van der Waals surface area contributed by atoms with Gasteiger partial charge >= 0.3 is 0 Å². The fourth-order valence-electron chi connectivity index (χ4n) is 2.66. The Balaban J connectivity index is 1.72. The van der Waals surface area contributed by atoms with Crippen LogP contribution in [0, 0.1) is 0 Å². The number of amides is 3. The highest BCUT2D eigenvalue weighted by atomic mass is 16.5. The van der Waals surface area contributed by atoms with E-state index < -0.39 is 5.91 Å². The molecule has 8 nitrogen and oxygen atoms in total. The number of benzene rings is 2. The van der Waals surface area contributed by atoms with Crippen molar-refractivity contribution in [1.82, 2.24) is 16.2 Å². The van der Waals surface area contributed by atoms with Crippen molar-refractivity contribution in [2.45, 2.75) is 32.6 Å². The Morgan fingerprint density at radius 1 is 0.871 bits per heavy atom. The van der Waals surface area contributed by atoms with Gasteiger partial charge in [0.05, 0.1) is 13.7 Å². The van der Waals surface area contributed by atoms with Gasteiger partial charge in [0.2, 0.25) is 5.91 Å². The average molecular weight is 428 g/mol. The number of rotatable bonds is 11. The smallest absolute Gasteiger partial charge is 0.269 e. The van der Waals surface area contributed by atoms with Crippen LogP contribution >= 0.6 is 0 Å². The van der Waals surface area contributed by atoms with E-state index in [0.717, 1.165) is 12.8 Å². The molecule has 0 aromatic heterocycles. The Morgan fingerprint density at radius 3 is 2.35 bits per heavy atom. The summed E-state index contributed by atoms with van der Waals surface area (Å²) in [6, 6.07) is 13.7. The normalized spacial score (nSPS) is 10.1. The quantitative estimate of drug-likeness (QED) is 0.378. The summed E-state index contributed by atoms with van der Waals surface area (Å²) >= 11 is 0. The van der Waals surface area contributed by atoms with Gasteiger partial charge in [0.15, 0.2) is 11.5 Å². The summed E-state index contributed by atoms with van der Waals surface area (Å²) in [5.41, 5.74) is 5.64. The molecule has 0 saturated carbocycles. The average Bonchev–Trinajstić information content (AvgIpc) is 2.81. The Hall–Kier alpha value is -3.55. The third kappa shape index (κ3) is 8.00. The summed E-state index contributed by atoms with van der Waals surface area (Å²) < 4.78 is 10.9. The SMILES string of the molecule is CCCCOc1ccc(C(=O)NNC(=O)CCCNC(=O)c2ccccc2)cc1OC. The van der Waals surface area contributed by atoms with Gasteiger partial charge in [-0.15, -0.1) is 0 Å². The fourth-order valence-corrected chi connectivity index (χ4v) is 2.66. The fraction of sp³-hybridized carbons (Fsp3) is 0.348. The standard InChI is InChI=1S/C23H29N3O5/c1-3-4-15-31-19-13-12-18(16-20(19)30-2)23(29)26-25-21(27)11-8-14-24-22(28)17-9-6-5-7-10-17/h5-7,9-10,12-13,16H,3-4,8,11,14-15H2,1-2H3,(H,24,28)(H,25,27)(H,26,29). The number of unbranched alkanes of at least 4 members (excludes halogenated alkanes) is 1. The summed E-state index contributed by atoms with van der Waals surface area (Å²) in [7, 11) is 1.50. The maximum absolute atomic E-state index is 12.3. The molecule has 31 heavy (non-hydrogen) atoms. The van der Waals surface area contributed by atoms with Crippen LogP contribution in [0.4, 0.5) is 0 Å². The highest BCUT2D eigenvalue weighted by Gasteiger charge is 2.12. The number of methoxy groups -OCH3 is 1. The number of ether oxygens (including phenoxy) is 2. The Kier molecular flexibility index (Phi) is 9.87. The van der Waals surface area contributed by atoms with E-state index >= 15 is 0 Å². The summed E-state index contributed by atoms with van der Waals surface area (Å²) in [6.07, 6.45) is 2.54. The monoisotopic (exact) mass is 427 g/mol. The van der Waals surface area contributed by atoms with E-state index in [4.69, 9.17) is 9.47 Å². The van der Waals surface area contributed by atoms with Crippen LogP contribution in [0.15, 0.2) is 48.5 Å². The molecule has 0 unspecified atom stereocenters. The summed E-state index contributed by atoms with van der Waals surface area (Å²) in [4.78, 5) is 36.1. The largest absolute Gasteiger partial charge is 0.493 e. The van der Waals surface area contributed by atoms with Crippen LogP contribution in [0.1, 0.15) is 53.3 Å². The van der Waals surface area contributed by atoms with Crippen molar-refractivity contribution in [2.24, 2.45) is 0 Å². The molecule has 0 aliphatic heterocycles. The first kappa shape index (κ1) is 23.7. The van der Waals surface area contributed by atoms with Crippen LogP contribution in [-0.2, 0) is 4.79 Å². The molecule has 2 aromatic rings. The van der Waals surface area contributed by atoms with Crippen molar-refractivity contribution < 1.29 is 23.9 Å². The molecule has 2 rings (SSSR count). The number of hydrazine groups is 1. The number of carbonyl (C=O) groups excluding carboxylic acids is 3. The molecule has 2 aromatic carbocycles. The summed E-state index contributed by atoms with van der Waals surface area (Å²) in [5, 5.41) is 2.75. The molecule has 0 spiro atoms. The van der Waals surface area contributed by atoms with E-state index in [1.165, 1.54) is 7.11 Å². The van der Waals surface area contributed by atoms with E-state index in [-0.39, 0.29) is 18.2 Å². The van der Waals surface area contributed by atoms with Crippen LogP contribution in [0.5, 0.6) is 11.5 Å². The topological polar surface area (TPSA) is 106 Å². The first-order valence-corrected chi connectivity index (χ1v) is 10.3. The van der Waals surface area contributed by atoms with E-state index in [1.54, 1.807) is 42.5 Å². The number of carbonyl (C=O) groups is 3. The van der Waals surface area contributed by atoms with Gasteiger partial charge in [-0.05, 0) is 43.2 Å². The second-order valence-corrected chi connectivity index (χ2v) is 6.80. The van der Waals surface area contributed by atoms with Crippen LogP contribution in [-0.4, -0.2) is 38.0 Å². The zero-order valence-corrected chi connectivity index (χ0v) is 17.9. The molecule has 3 amide bonds. The first-order valence-electron chi connectivity index (χ1n) is 10.3. The second-order valence-electron chi connectivity index (χ2n) is 6.80. The van der Waals surface area contributed by atoms with E-state index in [9.17, 15) is 14.4 Å². The van der Waals surface area contributed by atoms with Crippen molar-refractivity contribution in [3.05, 3.63) is 59.7 Å². The lowest BCUT2D eigenvalue weighted by atomic mass is 10.2. The molecule has 8 heteroatoms. The van der Waals surface area contributed by atoms with Crippen molar-refractivity contribution >= 4 is 17.7 Å². The predicted octanol–water partition coefficient (Wildman–Crippen LogP) is 2.85. The van der Waals surface area contributed by atoms with Crippen molar-refractivity contribution in [3.8, 4) is 11.5 Å². The molecule has 166 valence electrons. The molecule has 0 bridgehead atoms. The Labute approximate surface area is 182 Å². The van der Waals surface area contributed by atoms with Crippen LogP contribution in [0.2, 0.25) is 0 Å². The van der Waals surface area contributed by atoms with Crippen molar-refractivity contribution in [1.29, 1.82) is 0 Å². The zero-order valence-electron chi connectivity index (χ0n) is 17.9. The molecular formula is C23H29N3O5. The van der Waals surface area contributed by atoms with Gasteiger partial charge in [0.1, 0.15) is 0 Å². The predicted molar refractivity (Wildman–Crippen MR) is 117 cm³/mol. The molecule has 0 fully saturated rings. The minimum atomic E-state index is -0.468. The van der Waals surface area contributed by atoms with E-state index in [1.807, 2.05) is 6.07 Å². The third-order valence-corrected chi connectivity index (χ3v) is 4.40. The van der Waals surface area contributed by atoms with Gasteiger partial charge in [-0.25, -0.2) is 0 Å². The molecule has 0 saturated heterocycles. The molecule has 3 N–H and O–H groups in total. The number of hydrogen-bond acceptors (Lipinski definition) is 5. The lowest BCUT2D eigenvalue weighted by Gasteiger charge is -2.12. The lowest BCUT2D eigenvalue weighted by molar-refractivity contribution is -0.121. The number of hydrogen-bond donors (Lipinski definition) is 3. The van der Waals surface area contributed by atoms with Gasteiger partial charge in [0, 0.05) is 24.1 Å². The van der Waals surface area contributed by atoms with Crippen LogP contribution < -0.4 is 25.6 Å². The number of nitrogens with one attached hydrogen (secondary N) is 3. The maximum atomic E-state index is 12.3. The Bertz CT molecular complexity index is 871. The van der Waals surface area contributed by atoms with Gasteiger partial charge in [-0.2, -0.15) is 0 Å². The molecular weight excluding hydrogens is 398 g/mol. The van der Waals surface area contributed by atoms with Gasteiger partial charge < -0.3 is 14.8 Å². The maximum Gasteiger partial charge on any atom is 0.269 e. The van der Waals surface area contributed by atoms with Crippen molar-refractivity contribution in [3.63, 3.8) is 0 Å². The van der Waals surface area contributed by atoms with Gasteiger partial charge in [-0.1, -0.05) is 31.5 Å². The molecule has 0 atom stereocenters. The highest BCUT2D eigenvalue weighted by molar-refractivity contribution is 5.96.